The predicted molar refractivity (Wildman–Crippen MR) is 121 cm³/mol. The molecule has 0 spiro atoms. The third-order valence-electron chi connectivity index (χ3n) is 7.06. The Bertz CT molecular complexity index is 993. The quantitative estimate of drug-likeness (QED) is 0.179. The number of carbonyl (C=O) groups is 2. The maximum absolute atomic E-state index is 12.5. The largest absolute Gasteiger partial charge is 0.471 e. The zero-order chi connectivity index (χ0) is 26.0. The molecule has 0 amide bonds. The van der Waals surface area contributed by atoms with Crippen LogP contribution < -0.4 is 0 Å². The van der Waals surface area contributed by atoms with Crippen LogP contribution in [0.25, 0.3) is 6.08 Å². The Labute approximate surface area is 207 Å². The number of ether oxygens (including phenoxy) is 4. The lowest BCUT2D eigenvalue weighted by Crippen LogP contribution is -2.61. The standard InChI is InChI=1S/C25H30O11/c1-13-16(34-18(28)8-7-14-5-3-2-4-6-14)9-25(32)15(10-26)12-33-23(19(13)25)36-24-22(31)21(30)20(29)17(11-27)35-24/h2-8,10,12-13,16-17,19-24,27,29-32H,9,11H2,1H3. The minimum atomic E-state index is -1.77. The predicted octanol–water partition coefficient (Wildman–Crippen LogP) is -0.746. The van der Waals surface area contributed by atoms with Gasteiger partial charge in [-0.15, -0.1) is 0 Å². The number of hydrogen-bond donors (Lipinski definition) is 5. The van der Waals surface area contributed by atoms with Gasteiger partial charge in [0.15, 0.2) is 12.6 Å². The van der Waals surface area contributed by atoms with Gasteiger partial charge in [0, 0.05) is 18.4 Å². The zero-order valence-electron chi connectivity index (χ0n) is 19.5. The van der Waals surface area contributed by atoms with E-state index in [2.05, 4.69) is 0 Å². The van der Waals surface area contributed by atoms with E-state index in [-0.39, 0.29) is 12.0 Å². The highest BCUT2D eigenvalue weighted by Gasteiger charge is 2.61. The third kappa shape index (κ3) is 4.96. The fourth-order valence-corrected chi connectivity index (χ4v) is 5.03. The first-order valence-corrected chi connectivity index (χ1v) is 11.6. The molecule has 11 nitrogen and oxygen atoms in total. The van der Waals surface area contributed by atoms with E-state index in [1.165, 1.54) is 6.08 Å². The van der Waals surface area contributed by atoms with E-state index < -0.39 is 73.1 Å². The van der Waals surface area contributed by atoms with Crippen LogP contribution in [-0.2, 0) is 28.5 Å². The number of aliphatic hydroxyl groups excluding tert-OH is 4. The van der Waals surface area contributed by atoms with Crippen LogP contribution in [-0.4, -0.2) is 93.1 Å². The van der Waals surface area contributed by atoms with Gasteiger partial charge in [-0.05, 0) is 11.6 Å². The van der Waals surface area contributed by atoms with Gasteiger partial charge in [0.1, 0.15) is 36.1 Å². The maximum atomic E-state index is 12.5. The minimum Gasteiger partial charge on any atom is -0.471 e. The Morgan fingerprint density at radius 3 is 2.53 bits per heavy atom. The molecule has 2 heterocycles. The van der Waals surface area contributed by atoms with Crippen molar-refractivity contribution in [3.05, 3.63) is 53.8 Å². The minimum absolute atomic E-state index is 0.0635. The average Bonchev–Trinajstić information content (AvgIpc) is 3.13. The lowest BCUT2D eigenvalue weighted by atomic mass is 9.79. The fraction of sp³-hybridized carbons (Fsp3) is 0.520. The van der Waals surface area contributed by atoms with Crippen molar-refractivity contribution in [2.75, 3.05) is 6.61 Å². The smallest absolute Gasteiger partial charge is 0.331 e. The molecule has 0 radical (unpaired) electrons. The molecular weight excluding hydrogens is 476 g/mol. The molecule has 2 fully saturated rings. The zero-order valence-corrected chi connectivity index (χ0v) is 19.5. The third-order valence-corrected chi connectivity index (χ3v) is 7.06. The molecule has 5 N–H and O–H groups in total. The summed E-state index contributed by atoms with van der Waals surface area (Å²) in [5.41, 5.74) is -1.04. The number of esters is 1. The molecule has 4 rings (SSSR count). The van der Waals surface area contributed by atoms with Gasteiger partial charge in [0.25, 0.3) is 0 Å². The normalized spacial score (nSPS) is 40.3. The lowest BCUT2D eigenvalue weighted by Gasteiger charge is -2.44. The molecule has 0 aromatic heterocycles. The van der Waals surface area contributed by atoms with E-state index in [1.807, 2.05) is 30.3 Å². The van der Waals surface area contributed by atoms with Crippen molar-refractivity contribution in [3.8, 4) is 0 Å². The summed E-state index contributed by atoms with van der Waals surface area (Å²) in [5.74, 6) is -2.13. The van der Waals surface area contributed by atoms with Crippen molar-refractivity contribution in [3.63, 3.8) is 0 Å². The summed E-state index contributed by atoms with van der Waals surface area (Å²) in [5, 5.41) is 51.3. The summed E-state index contributed by atoms with van der Waals surface area (Å²) in [6.07, 6.45) is -5.52. The first-order chi connectivity index (χ1) is 17.2. The first kappa shape index (κ1) is 26.4. The molecule has 10 unspecified atom stereocenters. The summed E-state index contributed by atoms with van der Waals surface area (Å²) < 4.78 is 22.3. The van der Waals surface area contributed by atoms with E-state index >= 15 is 0 Å². The summed E-state index contributed by atoms with van der Waals surface area (Å²) in [6, 6.07) is 9.14. The molecule has 1 saturated carbocycles. The molecule has 11 heteroatoms. The molecule has 3 aliphatic rings. The topological polar surface area (TPSA) is 172 Å². The Kier molecular flexibility index (Phi) is 7.90. The average molecular weight is 507 g/mol. The Morgan fingerprint density at radius 1 is 1.14 bits per heavy atom. The van der Waals surface area contributed by atoms with Crippen LogP contribution in [0.5, 0.6) is 0 Å². The van der Waals surface area contributed by atoms with E-state index in [1.54, 1.807) is 13.0 Å². The number of benzene rings is 1. The highest BCUT2D eigenvalue weighted by molar-refractivity contribution is 5.87. The molecule has 1 aromatic rings. The van der Waals surface area contributed by atoms with Gasteiger partial charge in [-0.3, -0.25) is 4.79 Å². The van der Waals surface area contributed by atoms with Gasteiger partial charge in [0.05, 0.1) is 24.4 Å². The van der Waals surface area contributed by atoms with Crippen molar-refractivity contribution in [2.24, 2.45) is 11.8 Å². The van der Waals surface area contributed by atoms with Gasteiger partial charge in [-0.25, -0.2) is 4.79 Å². The molecule has 1 aliphatic carbocycles. The fourth-order valence-electron chi connectivity index (χ4n) is 5.03. The summed E-state index contributed by atoms with van der Waals surface area (Å²) >= 11 is 0. The van der Waals surface area contributed by atoms with Crippen molar-refractivity contribution in [1.82, 2.24) is 0 Å². The summed E-state index contributed by atoms with van der Waals surface area (Å²) in [7, 11) is 0. The molecule has 2 aliphatic heterocycles. The highest BCUT2D eigenvalue weighted by atomic mass is 16.8. The van der Waals surface area contributed by atoms with Crippen LogP contribution in [0, 0.1) is 11.8 Å². The monoisotopic (exact) mass is 506 g/mol. The van der Waals surface area contributed by atoms with E-state index in [4.69, 9.17) is 18.9 Å². The van der Waals surface area contributed by atoms with Crippen molar-refractivity contribution in [1.29, 1.82) is 0 Å². The Hall–Kier alpha value is -2.64. The SMILES string of the molecule is CC1C(OC(=O)C=Cc2ccccc2)CC2(O)C(C=O)=COC(OC3OC(CO)C(O)C(O)C3O)C12. The second kappa shape index (κ2) is 10.8. The summed E-state index contributed by atoms with van der Waals surface area (Å²) in [6.45, 7) is 1.05. The number of rotatable bonds is 7. The molecule has 0 bridgehead atoms. The number of aldehydes is 1. The van der Waals surface area contributed by atoms with Crippen LogP contribution >= 0.6 is 0 Å². The Morgan fingerprint density at radius 2 is 1.86 bits per heavy atom. The number of hydrogen-bond acceptors (Lipinski definition) is 11. The van der Waals surface area contributed by atoms with Crippen LogP contribution in [0.3, 0.4) is 0 Å². The molecular formula is C25H30O11. The van der Waals surface area contributed by atoms with Gasteiger partial charge < -0.3 is 44.5 Å². The van der Waals surface area contributed by atoms with Crippen LogP contribution in [0.4, 0.5) is 0 Å². The van der Waals surface area contributed by atoms with E-state index in [9.17, 15) is 35.1 Å². The second-order valence-electron chi connectivity index (χ2n) is 9.26. The van der Waals surface area contributed by atoms with Crippen LogP contribution in [0.2, 0.25) is 0 Å². The molecule has 196 valence electrons. The summed E-state index contributed by atoms with van der Waals surface area (Å²) in [4.78, 5) is 24.2. The van der Waals surface area contributed by atoms with Crippen molar-refractivity contribution < 1.29 is 54.1 Å². The second-order valence-corrected chi connectivity index (χ2v) is 9.26. The van der Waals surface area contributed by atoms with Crippen molar-refractivity contribution in [2.45, 2.75) is 62.0 Å². The van der Waals surface area contributed by atoms with Gasteiger partial charge in [-0.1, -0.05) is 37.3 Å². The van der Waals surface area contributed by atoms with E-state index in [0.717, 1.165) is 11.8 Å². The van der Waals surface area contributed by atoms with Gasteiger partial charge in [0.2, 0.25) is 6.29 Å². The molecule has 1 aromatic carbocycles. The highest BCUT2D eigenvalue weighted by Crippen LogP contribution is 2.50. The van der Waals surface area contributed by atoms with Crippen LogP contribution in [0.15, 0.2) is 48.2 Å². The molecule has 10 atom stereocenters. The van der Waals surface area contributed by atoms with E-state index in [0.29, 0.717) is 6.29 Å². The number of aliphatic hydroxyl groups is 5. The van der Waals surface area contributed by atoms with Crippen LogP contribution in [0.1, 0.15) is 18.9 Å². The Balaban J connectivity index is 1.51. The van der Waals surface area contributed by atoms with Crippen molar-refractivity contribution >= 4 is 18.3 Å². The molecule has 36 heavy (non-hydrogen) atoms. The first-order valence-electron chi connectivity index (χ1n) is 11.6. The lowest BCUT2D eigenvalue weighted by molar-refractivity contribution is -0.346. The maximum Gasteiger partial charge on any atom is 0.331 e. The van der Waals surface area contributed by atoms with Gasteiger partial charge in [-0.2, -0.15) is 0 Å². The number of carbonyl (C=O) groups excluding carboxylic acids is 2. The molecule has 1 saturated heterocycles. The number of fused-ring (bicyclic) bond motifs is 1. The van der Waals surface area contributed by atoms with Gasteiger partial charge >= 0.3 is 5.97 Å².